The van der Waals surface area contributed by atoms with Crippen molar-refractivity contribution < 1.29 is 9.47 Å². The predicted molar refractivity (Wildman–Crippen MR) is 106 cm³/mol. The molecule has 0 aliphatic carbocycles. The number of hydrogen-bond acceptors (Lipinski definition) is 4. The molecule has 1 N–H and O–H groups in total. The smallest absolute Gasteiger partial charge is 0.193 e. The zero-order valence-corrected chi connectivity index (χ0v) is 16.2. The fourth-order valence-corrected chi connectivity index (χ4v) is 3.37. The lowest BCUT2D eigenvalue weighted by Gasteiger charge is -2.22. The zero-order valence-electron chi connectivity index (χ0n) is 16.2. The quantitative estimate of drug-likeness (QED) is 0.436. The van der Waals surface area contributed by atoms with Gasteiger partial charge in [0, 0.05) is 52.1 Å². The lowest BCUT2D eigenvalue weighted by Crippen LogP contribution is -2.40. The molecule has 2 heterocycles. The molecule has 0 spiro atoms. The van der Waals surface area contributed by atoms with E-state index in [0.717, 1.165) is 37.8 Å². The minimum atomic E-state index is 0.540. The average molecular weight is 371 g/mol. The van der Waals surface area contributed by atoms with Crippen LogP contribution in [0.25, 0.3) is 5.69 Å². The van der Waals surface area contributed by atoms with Crippen LogP contribution in [-0.4, -0.2) is 67.5 Å². The van der Waals surface area contributed by atoms with Gasteiger partial charge in [0.1, 0.15) is 0 Å². The van der Waals surface area contributed by atoms with E-state index in [-0.39, 0.29) is 0 Å². The third-order valence-corrected chi connectivity index (χ3v) is 4.79. The Balaban J connectivity index is 1.53. The minimum Gasteiger partial charge on any atom is -0.382 e. The van der Waals surface area contributed by atoms with Gasteiger partial charge in [-0.15, -0.1) is 0 Å². The van der Waals surface area contributed by atoms with Crippen molar-refractivity contribution in [3.63, 3.8) is 0 Å². The van der Waals surface area contributed by atoms with Crippen molar-refractivity contribution in [2.75, 3.05) is 47.1 Å². The van der Waals surface area contributed by atoms with Crippen molar-refractivity contribution in [3.8, 4) is 5.69 Å². The first kappa shape index (κ1) is 19.4. The molecule has 0 saturated carbocycles. The molecule has 0 bridgehead atoms. The van der Waals surface area contributed by atoms with E-state index in [4.69, 9.17) is 9.47 Å². The monoisotopic (exact) mass is 371 g/mol. The number of hydrogen-bond donors (Lipinski definition) is 1. The van der Waals surface area contributed by atoms with E-state index in [1.54, 1.807) is 13.3 Å². The van der Waals surface area contributed by atoms with Crippen LogP contribution in [0, 0.1) is 5.92 Å². The lowest BCUT2D eigenvalue weighted by molar-refractivity contribution is 0.0536. The van der Waals surface area contributed by atoms with E-state index in [9.17, 15) is 0 Å². The van der Waals surface area contributed by atoms with Gasteiger partial charge in [-0.1, -0.05) is 18.2 Å². The summed E-state index contributed by atoms with van der Waals surface area (Å²) in [6, 6.07) is 8.34. The van der Waals surface area contributed by atoms with Crippen LogP contribution in [0.3, 0.4) is 0 Å². The van der Waals surface area contributed by atoms with E-state index >= 15 is 0 Å². The number of ether oxygens (including phenoxy) is 2. The van der Waals surface area contributed by atoms with E-state index in [1.807, 2.05) is 30.2 Å². The van der Waals surface area contributed by atoms with Gasteiger partial charge < -0.3 is 24.3 Å². The summed E-state index contributed by atoms with van der Waals surface area (Å²) in [5.41, 5.74) is 2.33. The highest BCUT2D eigenvalue weighted by molar-refractivity contribution is 5.80. The lowest BCUT2D eigenvalue weighted by atomic mass is 10.1. The third-order valence-electron chi connectivity index (χ3n) is 4.79. The molecular weight excluding hydrogens is 342 g/mol. The van der Waals surface area contributed by atoms with Gasteiger partial charge in [-0.2, -0.15) is 0 Å². The molecule has 2 aromatic rings. The molecule has 0 radical (unpaired) electrons. The molecule has 1 atom stereocenters. The Morgan fingerprint density at radius 1 is 1.33 bits per heavy atom. The molecule has 1 aromatic heterocycles. The van der Waals surface area contributed by atoms with Crippen molar-refractivity contribution in [1.29, 1.82) is 0 Å². The van der Waals surface area contributed by atoms with Gasteiger partial charge in [-0.3, -0.25) is 4.99 Å². The second kappa shape index (κ2) is 10.1. The van der Waals surface area contributed by atoms with Gasteiger partial charge in [0.15, 0.2) is 5.96 Å². The molecule has 3 rings (SSSR count). The number of methoxy groups -OCH3 is 1. The Morgan fingerprint density at radius 2 is 2.22 bits per heavy atom. The highest BCUT2D eigenvalue weighted by Gasteiger charge is 2.25. The molecule has 1 fully saturated rings. The molecule has 1 unspecified atom stereocenters. The van der Waals surface area contributed by atoms with Gasteiger partial charge in [0.05, 0.1) is 31.8 Å². The summed E-state index contributed by atoms with van der Waals surface area (Å²) in [6.45, 7) is 4.77. The summed E-state index contributed by atoms with van der Waals surface area (Å²) in [6.07, 6.45) is 6.70. The number of nitrogens with one attached hydrogen (secondary N) is 1. The predicted octanol–water partition coefficient (Wildman–Crippen LogP) is 1.93. The van der Waals surface area contributed by atoms with Crippen molar-refractivity contribution in [1.82, 2.24) is 19.8 Å². The molecule has 1 aliphatic rings. The van der Waals surface area contributed by atoms with Crippen LogP contribution < -0.4 is 5.32 Å². The molecule has 146 valence electrons. The van der Waals surface area contributed by atoms with Gasteiger partial charge in [0.25, 0.3) is 0 Å². The van der Waals surface area contributed by atoms with Crippen molar-refractivity contribution in [2.45, 2.75) is 13.0 Å². The second-order valence-electron chi connectivity index (χ2n) is 6.67. The van der Waals surface area contributed by atoms with Crippen LogP contribution in [0.15, 0.2) is 48.0 Å². The number of para-hydroxylation sites is 1. The summed E-state index contributed by atoms with van der Waals surface area (Å²) < 4.78 is 12.7. The molecule has 1 aliphatic heterocycles. The normalized spacial score (nSPS) is 17.5. The SMILES string of the molecule is CN=C(NCc1ccccc1-n1ccnc1)N1CCC(COCCOC)C1. The summed E-state index contributed by atoms with van der Waals surface area (Å²) in [4.78, 5) is 10.9. The van der Waals surface area contributed by atoms with E-state index in [0.29, 0.717) is 25.7 Å². The number of imidazole rings is 1. The number of likely N-dealkylation sites (tertiary alicyclic amines) is 1. The third kappa shape index (κ3) is 5.30. The van der Waals surface area contributed by atoms with Crippen molar-refractivity contribution in [3.05, 3.63) is 48.5 Å². The first-order valence-corrected chi connectivity index (χ1v) is 9.40. The largest absolute Gasteiger partial charge is 0.382 e. The number of aromatic nitrogens is 2. The Morgan fingerprint density at radius 3 is 3.00 bits per heavy atom. The number of rotatable bonds is 8. The van der Waals surface area contributed by atoms with Crippen LogP contribution in [0.1, 0.15) is 12.0 Å². The first-order valence-electron chi connectivity index (χ1n) is 9.40. The number of nitrogens with zero attached hydrogens (tertiary/aromatic N) is 4. The summed E-state index contributed by atoms with van der Waals surface area (Å²) >= 11 is 0. The maximum Gasteiger partial charge on any atom is 0.193 e. The van der Waals surface area contributed by atoms with Crippen LogP contribution >= 0.6 is 0 Å². The highest BCUT2D eigenvalue weighted by atomic mass is 16.5. The fourth-order valence-electron chi connectivity index (χ4n) is 3.37. The summed E-state index contributed by atoms with van der Waals surface area (Å²) in [5.74, 6) is 1.48. The van der Waals surface area contributed by atoms with E-state index < -0.39 is 0 Å². The standard InChI is InChI=1S/C20H29N5O2/c1-21-20(24-9-7-17(14-24)15-27-12-11-26-2)23-13-18-5-3-4-6-19(18)25-10-8-22-16-25/h3-6,8,10,16-17H,7,9,11-15H2,1-2H3,(H,21,23). The first-order chi connectivity index (χ1) is 13.3. The minimum absolute atomic E-state index is 0.540. The number of aliphatic imine (C=N–C) groups is 1. The Kier molecular flexibility index (Phi) is 7.24. The number of guanidine groups is 1. The van der Waals surface area contributed by atoms with Crippen LogP contribution in [0.4, 0.5) is 0 Å². The van der Waals surface area contributed by atoms with Crippen LogP contribution in [0.2, 0.25) is 0 Å². The summed E-state index contributed by atoms with van der Waals surface area (Å²) in [5, 5.41) is 3.51. The highest BCUT2D eigenvalue weighted by Crippen LogP contribution is 2.18. The van der Waals surface area contributed by atoms with E-state index in [1.165, 1.54) is 5.56 Å². The average Bonchev–Trinajstić information content (AvgIpc) is 3.39. The Labute approximate surface area is 161 Å². The molecule has 1 aromatic carbocycles. The molecule has 27 heavy (non-hydrogen) atoms. The molecule has 1 saturated heterocycles. The van der Waals surface area contributed by atoms with Gasteiger partial charge >= 0.3 is 0 Å². The van der Waals surface area contributed by atoms with Crippen molar-refractivity contribution in [2.24, 2.45) is 10.9 Å². The van der Waals surface area contributed by atoms with Crippen LogP contribution in [0.5, 0.6) is 0 Å². The Hall–Kier alpha value is -2.38. The fraction of sp³-hybridized carbons (Fsp3) is 0.500. The molecule has 7 nitrogen and oxygen atoms in total. The second-order valence-corrected chi connectivity index (χ2v) is 6.67. The van der Waals surface area contributed by atoms with Gasteiger partial charge in [-0.05, 0) is 18.1 Å². The molecular formula is C20H29N5O2. The van der Waals surface area contributed by atoms with Gasteiger partial charge in [-0.25, -0.2) is 4.98 Å². The maximum atomic E-state index is 5.69. The molecule has 0 amide bonds. The summed E-state index contributed by atoms with van der Waals surface area (Å²) in [7, 11) is 3.54. The molecule has 7 heteroatoms. The zero-order chi connectivity index (χ0) is 18.9. The topological polar surface area (TPSA) is 63.9 Å². The van der Waals surface area contributed by atoms with Crippen molar-refractivity contribution >= 4 is 5.96 Å². The van der Waals surface area contributed by atoms with Gasteiger partial charge in [0.2, 0.25) is 0 Å². The number of benzene rings is 1. The Bertz CT molecular complexity index is 717. The maximum absolute atomic E-state index is 5.69. The van der Waals surface area contributed by atoms with Crippen LogP contribution in [-0.2, 0) is 16.0 Å². The van der Waals surface area contributed by atoms with E-state index in [2.05, 4.69) is 38.4 Å².